The lowest BCUT2D eigenvalue weighted by Crippen LogP contribution is -2.45. The zero-order valence-electron chi connectivity index (χ0n) is 10.1. The van der Waals surface area contributed by atoms with Crippen LogP contribution in [0.3, 0.4) is 0 Å². The molecule has 3 nitrogen and oxygen atoms in total. The molecule has 4 atom stereocenters. The number of hydrogen-bond donors (Lipinski definition) is 2. The minimum atomic E-state index is -0.745. The van der Waals surface area contributed by atoms with Crippen molar-refractivity contribution in [2.24, 2.45) is 23.5 Å². The molecule has 2 fully saturated rings. The van der Waals surface area contributed by atoms with Gasteiger partial charge >= 0.3 is 5.97 Å². The second-order valence-corrected chi connectivity index (χ2v) is 5.86. The van der Waals surface area contributed by atoms with E-state index in [9.17, 15) is 4.79 Å². The maximum atomic E-state index is 10.9. The lowest BCUT2D eigenvalue weighted by atomic mass is 9.81. The molecule has 0 bridgehead atoms. The fourth-order valence-corrected chi connectivity index (χ4v) is 3.94. The third-order valence-electron chi connectivity index (χ3n) is 4.89. The Morgan fingerprint density at radius 1 is 1.38 bits per heavy atom. The maximum Gasteiger partial charge on any atom is 0.305 e. The standard InChI is InChI=1S/C13H23NO2/c1-9-11-6-4-2-3-5-10(11)7-13(9,14)8-12(15)16/h9-11H,2-8,14H2,1H3,(H,15,16). The number of carboxylic acid groups (broad SMARTS) is 1. The van der Waals surface area contributed by atoms with Crippen LogP contribution in [0, 0.1) is 17.8 Å². The third kappa shape index (κ3) is 2.10. The van der Waals surface area contributed by atoms with E-state index in [0.717, 1.165) is 6.42 Å². The summed E-state index contributed by atoms with van der Waals surface area (Å²) in [5.41, 5.74) is 5.89. The van der Waals surface area contributed by atoms with Crippen LogP contribution >= 0.6 is 0 Å². The van der Waals surface area contributed by atoms with Crippen LogP contribution < -0.4 is 5.73 Å². The average Bonchev–Trinajstić information content (AvgIpc) is 2.40. The van der Waals surface area contributed by atoms with E-state index in [1.54, 1.807) is 0 Å². The maximum absolute atomic E-state index is 10.9. The molecule has 3 N–H and O–H groups in total. The van der Waals surface area contributed by atoms with Crippen LogP contribution in [-0.4, -0.2) is 16.6 Å². The average molecular weight is 225 g/mol. The highest BCUT2D eigenvalue weighted by atomic mass is 16.4. The molecule has 92 valence electrons. The van der Waals surface area contributed by atoms with E-state index in [1.165, 1.54) is 32.1 Å². The predicted molar refractivity (Wildman–Crippen MR) is 63.0 cm³/mol. The number of rotatable bonds is 2. The number of aliphatic carboxylic acids is 1. The first kappa shape index (κ1) is 11.9. The van der Waals surface area contributed by atoms with Gasteiger partial charge in [-0.3, -0.25) is 4.79 Å². The highest BCUT2D eigenvalue weighted by Crippen LogP contribution is 2.50. The Balaban J connectivity index is 2.11. The molecule has 2 rings (SSSR count). The van der Waals surface area contributed by atoms with E-state index in [2.05, 4.69) is 6.92 Å². The molecule has 4 unspecified atom stereocenters. The van der Waals surface area contributed by atoms with E-state index in [4.69, 9.17) is 10.8 Å². The number of nitrogens with two attached hydrogens (primary N) is 1. The summed E-state index contributed by atoms with van der Waals surface area (Å²) >= 11 is 0. The molecule has 16 heavy (non-hydrogen) atoms. The van der Waals surface area contributed by atoms with Gasteiger partial charge in [-0.05, 0) is 30.6 Å². The Kier molecular flexibility index (Phi) is 3.24. The van der Waals surface area contributed by atoms with E-state index in [1.807, 2.05) is 0 Å². The van der Waals surface area contributed by atoms with Crippen LogP contribution in [0.5, 0.6) is 0 Å². The minimum Gasteiger partial charge on any atom is -0.481 e. The predicted octanol–water partition coefficient (Wildman–Crippen LogP) is 2.39. The van der Waals surface area contributed by atoms with Gasteiger partial charge in [-0.1, -0.05) is 32.6 Å². The molecular formula is C13H23NO2. The molecule has 2 aliphatic carbocycles. The van der Waals surface area contributed by atoms with Gasteiger partial charge in [-0.2, -0.15) is 0 Å². The van der Waals surface area contributed by atoms with Gasteiger partial charge in [-0.15, -0.1) is 0 Å². The summed E-state index contributed by atoms with van der Waals surface area (Å²) in [6.45, 7) is 2.17. The topological polar surface area (TPSA) is 63.3 Å². The van der Waals surface area contributed by atoms with E-state index < -0.39 is 11.5 Å². The number of carbonyl (C=O) groups is 1. The third-order valence-corrected chi connectivity index (χ3v) is 4.89. The van der Waals surface area contributed by atoms with E-state index >= 15 is 0 Å². The van der Waals surface area contributed by atoms with Crippen molar-refractivity contribution in [1.29, 1.82) is 0 Å². The van der Waals surface area contributed by atoms with Crippen molar-refractivity contribution in [1.82, 2.24) is 0 Å². The van der Waals surface area contributed by atoms with Gasteiger partial charge in [0.05, 0.1) is 6.42 Å². The van der Waals surface area contributed by atoms with Gasteiger partial charge < -0.3 is 10.8 Å². The molecule has 0 spiro atoms. The summed E-state index contributed by atoms with van der Waals surface area (Å²) < 4.78 is 0. The molecular weight excluding hydrogens is 202 g/mol. The zero-order chi connectivity index (χ0) is 11.8. The zero-order valence-corrected chi connectivity index (χ0v) is 10.1. The molecule has 0 heterocycles. The van der Waals surface area contributed by atoms with Crippen LogP contribution in [0.25, 0.3) is 0 Å². The highest BCUT2D eigenvalue weighted by Gasteiger charge is 2.49. The summed E-state index contributed by atoms with van der Waals surface area (Å²) in [4.78, 5) is 10.9. The molecule has 2 aliphatic rings. The van der Waals surface area contributed by atoms with Crippen LogP contribution in [0.15, 0.2) is 0 Å². The summed E-state index contributed by atoms with van der Waals surface area (Å²) in [5.74, 6) is 0.978. The molecule has 0 aromatic heterocycles. The van der Waals surface area contributed by atoms with Crippen molar-refractivity contribution in [3.8, 4) is 0 Å². The largest absolute Gasteiger partial charge is 0.481 e. The number of carboxylic acids is 1. The Hall–Kier alpha value is -0.570. The summed E-state index contributed by atoms with van der Waals surface area (Å²) in [6.07, 6.45) is 7.52. The Labute approximate surface area is 97.4 Å². The lowest BCUT2D eigenvalue weighted by molar-refractivity contribution is -0.138. The molecule has 0 saturated heterocycles. The number of hydrogen-bond acceptors (Lipinski definition) is 2. The highest BCUT2D eigenvalue weighted by molar-refractivity contribution is 5.68. The van der Waals surface area contributed by atoms with E-state index in [-0.39, 0.29) is 6.42 Å². The normalized spacial score (nSPS) is 43.8. The lowest BCUT2D eigenvalue weighted by Gasteiger charge is -2.29. The van der Waals surface area contributed by atoms with Gasteiger partial charge in [0, 0.05) is 5.54 Å². The van der Waals surface area contributed by atoms with Crippen LogP contribution in [0.4, 0.5) is 0 Å². The van der Waals surface area contributed by atoms with Crippen molar-refractivity contribution in [2.75, 3.05) is 0 Å². The van der Waals surface area contributed by atoms with Crippen molar-refractivity contribution >= 4 is 5.97 Å². The first-order valence-corrected chi connectivity index (χ1v) is 6.53. The molecule has 0 radical (unpaired) electrons. The number of fused-ring (bicyclic) bond motifs is 1. The summed E-state index contributed by atoms with van der Waals surface area (Å²) in [6, 6.07) is 0. The first-order chi connectivity index (χ1) is 7.53. The molecule has 0 aromatic carbocycles. The first-order valence-electron chi connectivity index (χ1n) is 6.53. The SMILES string of the molecule is CC1C2CCCCCC2CC1(N)CC(=O)O. The summed E-state index contributed by atoms with van der Waals surface area (Å²) in [7, 11) is 0. The van der Waals surface area contributed by atoms with Gasteiger partial charge in [0.25, 0.3) is 0 Å². The van der Waals surface area contributed by atoms with Crippen molar-refractivity contribution in [3.05, 3.63) is 0 Å². The van der Waals surface area contributed by atoms with Gasteiger partial charge in [0.1, 0.15) is 0 Å². The monoisotopic (exact) mass is 225 g/mol. The Morgan fingerprint density at radius 2 is 2.06 bits per heavy atom. The van der Waals surface area contributed by atoms with Crippen LogP contribution in [0.1, 0.15) is 51.9 Å². The van der Waals surface area contributed by atoms with Crippen molar-refractivity contribution in [3.63, 3.8) is 0 Å². The fourth-order valence-electron chi connectivity index (χ4n) is 3.94. The smallest absolute Gasteiger partial charge is 0.305 e. The second kappa shape index (κ2) is 4.36. The van der Waals surface area contributed by atoms with E-state index in [0.29, 0.717) is 17.8 Å². The molecule has 0 aromatic rings. The molecule has 0 aliphatic heterocycles. The minimum absolute atomic E-state index is 0.140. The molecule has 0 amide bonds. The second-order valence-electron chi connectivity index (χ2n) is 5.86. The van der Waals surface area contributed by atoms with Crippen molar-refractivity contribution in [2.45, 2.75) is 57.4 Å². The van der Waals surface area contributed by atoms with Crippen molar-refractivity contribution < 1.29 is 9.90 Å². The Bertz CT molecular complexity index is 279. The van der Waals surface area contributed by atoms with Gasteiger partial charge in [0.15, 0.2) is 0 Å². The van der Waals surface area contributed by atoms with Crippen LogP contribution in [0.2, 0.25) is 0 Å². The van der Waals surface area contributed by atoms with Gasteiger partial charge in [0.2, 0.25) is 0 Å². The fraction of sp³-hybridized carbons (Fsp3) is 0.923. The van der Waals surface area contributed by atoms with Crippen LogP contribution in [-0.2, 0) is 4.79 Å². The molecule has 3 heteroatoms. The quantitative estimate of drug-likeness (QED) is 0.758. The summed E-state index contributed by atoms with van der Waals surface area (Å²) in [5, 5.41) is 8.97. The van der Waals surface area contributed by atoms with Gasteiger partial charge in [-0.25, -0.2) is 0 Å². The Morgan fingerprint density at radius 3 is 2.75 bits per heavy atom. The molecule has 2 saturated carbocycles.